The van der Waals surface area contributed by atoms with Gasteiger partial charge in [0, 0.05) is 10.8 Å². The van der Waals surface area contributed by atoms with Crippen LogP contribution in [0.15, 0.2) is 23.6 Å². The van der Waals surface area contributed by atoms with E-state index in [4.69, 9.17) is 5.26 Å². The van der Waals surface area contributed by atoms with Crippen molar-refractivity contribution in [2.75, 3.05) is 5.32 Å². The molecule has 0 aliphatic heterocycles. The number of aromatic nitrogens is 1. The summed E-state index contributed by atoms with van der Waals surface area (Å²) in [6.45, 7) is 8.39. The van der Waals surface area contributed by atoms with Crippen molar-refractivity contribution in [3.63, 3.8) is 0 Å². The van der Waals surface area contributed by atoms with E-state index < -0.39 is 0 Å². The fourth-order valence-electron chi connectivity index (χ4n) is 1.65. The quantitative estimate of drug-likeness (QED) is 0.882. The summed E-state index contributed by atoms with van der Waals surface area (Å²) >= 11 is 1.56. The molecular weight excluding hydrogens is 254 g/mol. The van der Waals surface area contributed by atoms with Gasteiger partial charge in [0.2, 0.25) is 0 Å². The minimum atomic E-state index is 0.0434. The van der Waals surface area contributed by atoms with Crippen LogP contribution < -0.4 is 5.32 Å². The van der Waals surface area contributed by atoms with Crippen LogP contribution in [0.4, 0.5) is 10.8 Å². The van der Waals surface area contributed by atoms with Gasteiger partial charge in [-0.2, -0.15) is 5.26 Å². The molecule has 0 unspecified atom stereocenters. The van der Waals surface area contributed by atoms with Gasteiger partial charge in [-0.3, -0.25) is 0 Å². The second-order valence-corrected chi connectivity index (χ2v) is 6.43. The standard InChI is InChI=1S/C15H17N3S/c1-10-5-6-12(11(7-10)8-16)17-14-18-13(9-19-14)15(2,3)4/h5-7,9H,1-4H3,(H,17,18). The van der Waals surface area contributed by atoms with Crippen molar-refractivity contribution in [2.24, 2.45) is 0 Å². The molecule has 0 saturated heterocycles. The second-order valence-electron chi connectivity index (χ2n) is 5.57. The molecule has 0 radical (unpaired) electrons. The third-order valence-electron chi connectivity index (χ3n) is 2.81. The molecule has 0 atom stereocenters. The SMILES string of the molecule is Cc1ccc(Nc2nc(C(C)(C)C)cs2)c(C#N)c1. The molecule has 0 amide bonds. The van der Waals surface area contributed by atoms with Crippen molar-refractivity contribution in [3.8, 4) is 6.07 Å². The lowest BCUT2D eigenvalue weighted by molar-refractivity contribution is 0.573. The Morgan fingerprint density at radius 1 is 1.32 bits per heavy atom. The molecule has 19 heavy (non-hydrogen) atoms. The molecule has 0 aliphatic rings. The summed E-state index contributed by atoms with van der Waals surface area (Å²) in [4.78, 5) is 4.57. The first kappa shape index (κ1) is 13.6. The van der Waals surface area contributed by atoms with Crippen LogP contribution in [0.2, 0.25) is 0 Å². The Morgan fingerprint density at radius 3 is 2.63 bits per heavy atom. The van der Waals surface area contributed by atoms with Crippen molar-refractivity contribution in [1.29, 1.82) is 5.26 Å². The number of aryl methyl sites for hydroxylation is 1. The van der Waals surface area contributed by atoms with Crippen LogP contribution in [-0.2, 0) is 5.41 Å². The highest BCUT2D eigenvalue weighted by Crippen LogP contribution is 2.29. The van der Waals surface area contributed by atoms with Crippen LogP contribution in [0.1, 0.15) is 37.6 Å². The van der Waals surface area contributed by atoms with Crippen molar-refractivity contribution >= 4 is 22.2 Å². The number of nitriles is 1. The van der Waals surface area contributed by atoms with Gasteiger partial charge in [-0.05, 0) is 24.6 Å². The van der Waals surface area contributed by atoms with Gasteiger partial charge in [-0.15, -0.1) is 11.3 Å². The van der Waals surface area contributed by atoms with Gasteiger partial charge in [0.1, 0.15) is 6.07 Å². The van der Waals surface area contributed by atoms with E-state index in [1.165, 1.54) is 0 Å². The molecule has 1 N–H and O–H groups in total. The first-order valence-electron chi connectivity index (χ1n) is 6.14. The highest BCUT2D eigenvalue weighted by Gasteiger charge is 2.17. The molecule has 1 aromatic heterocycles. The molecule has 0 fully saturated rings. The van der Waals surface area contributed by atoms with Crippen molar-refractivity contribution in [3.05, 3.63) is 40.4 Å². The van der Waals surface area contributed by atoms with Crippen molar-refractivity contribution in [2.45, 2.75) is 33.1 Å². The zero-order chi connectivity index (χ0) is 14.0. The van der Waals surface area contributed by atoms with Gasteiger partial charge in [0.15, 0.2) is 5.13 Å². The van der Waals surface area contributed by atoms with E-state index in [1.807, 2.05) is 25.1 Å². The van der Waals surface area contributed by atoms with E-state index in [2.05, 4.69) is 42.5 Å². The normalized spacial score (nSPS) is 11.1. The van der Waals surface area contributed by atoms with Crippen LogP contribution in [-0.4, -0.2) is 4.98 Å². The largest absolute Gasteiger partial charge is 0.330 e. The molecule has 0 aliphatic carbocycles. The third-order valence-corrected chi connectivity index (χ3v) is 3.57. The molecule has 1 heterocycles. The Labute approximate surface area is 117 Å². The maximum atomic E-state index is 9.15. The van der Waals surface area contributed by atoms with Gasteiger partial charge in [0.05, 0.1) is 16.9 Å². The summed E-state index contributed by atoms with van der Waals surface area (Å²) < 4.78 is 0. The Bertz CT molecular complexity index is 630. The molecular formula is C15H17N3S. The first-order chi connectivity index (χ1) is 8.90. The van der Waals surface area contributed by atoms with Crippen LogP contribution in [0.3, 0.4) is 0 Å². The number of hydrogen-bond donors (Lipinski definition) is 1. The predicted octanol–water partition coefficient (Wildman–Crippen LogP) is 4.36. The Balaban J connectivity index is 2.27. The average molecular weight is 271 g/mol. The minimum Gasteiger partial charge on any atom is -0.330 e. The number of thiazole rings is 1. The molecule has 98 valence electrons. The smallest absolute Gasteiger partial charge is 0.187 e. The summed E-state index contributed by atoms with van der Waals surface area (Å²) in [5.74, 6) is 0. The number of benzene rings is 1. The van der Waals surface area contributed by atoms with Crippen LogP contribution in [0.25, 0.3) is 0 Å². The van der Waals surface area contributed by atoms with E-state index >= 15 is 0 Å². The fraction of sp³-hybridized carbons (Fsp3) is 0.333. The Kier molecular flexibility index (Phi) is 3.59. The molecule has 0 spiro atoms. The molecule has 2 aromatic rings. The van der Waals surface area contributed by atoms with Crippen molar-refractivity contribution < 1.29 is 0 Å². The van der Waals surface area contributed by atoms with Gasteiger partial charge in [-0.25, -0.2) is 4.98 Å². The van der Waals surface area contributed by atoms with Crippen molar-refractivity contribution in [1.82, 2.24) is 4.98 Å². The maximum Gasteiger partial charge on any atom is 0.187 e. The highest BCUT2D eigenvalue weighted by molar-refractivity contribution is 7.13. The number of nitrogens with zero attached hydrogens (tertiary/aromatic N) is 2. The van der Waals surface area contributed by atoms with E-state index in [0.29, 0.717) is 5.56 Å². The molecule has 0 saturated carbocycles. The highest BCUT2D eigenvalue weighted by atomic mass is 32.1. The van der Waals surface area contributed by atoms with E-state index in [0.717, 1.165) is 22.1 Å². The summed E-state index contributed by atoms with van der Waals surface area (Å²) in [5, 5.41) is 15.3. The van der Waals surface area contributed by atoms with Gasteiger partial charge < -0.3 is 5.32 Å². The number of nitrogens with one attached hydrogen (secondary N) is 1. The molecule has 4 heteroatoms. The number of hydrogen-bond acceptors (Lipinski definition) is 4. The van der Waals surface area contributed by atoms with Gasteiger partial charge in [0.25, 0.3) is 0 Å². The lowest BCUT2D eigenvalue weighted by Crippen LogP contribution is -2.11. The monoisotopic (exact) mass is 271 g/mol. The van der Waals surface area contributed by atoms with E-state index in [1.54, 1.807) is 11.3 Å². The summed E-state index contributed by atoms with van der Waals surface area (Å²) in [7, 11) is 0. The van der Waals surface area contributed by atoms with Crippen LogP contribution in [0.5, 0.6) is 0 Å². The first-order valence-corrected chi connectivity index (χ1v) is 7.02. The lowest BCUT2D eigenvalue weighted by Gasteiger charge is -2.14. The number of anilines is 2. The van der Waals surface area contributed by atoms with Gasteiger partial charge in [-0.1, -0.05) is 26.8 Å². The van der Waals surface area contributed by atoms with Crippen LogP contribution >= 0.6 is 11.3 Å². The molecule has 0 bridgehead atoms. The lowest BCUT2D eigenvalue weighted by atomic mass is 9.93. The second kappa shape index (κ2) is 5.02. The Morgan fingerprint density at radius 2 is 2.05 bits per heavy atom. The topological polar surface area (TPSA) is 48.7 Å². The summed E-state index contributed by atoms with van der Waals surface area (Å²) in [6, 6.07) is 7.99. The zero-order valence-electron chi connectivity index (χ0n) is 11.6. The summed E-state index contributed by atoms with van der Waals surface area (Å²) in [5.41, 5.74) is 3.64. The minimum absolute atomic E-state index is 0.0434. The molecule has 1 aromatic carbocycles. The average Bonchev–Trinajstić information content (AvgIpc) is 2.79. The molecule has 2 rings (SSSR count). The predicted molar refractivity (Wildman–Crippen MR) is 80.0 cm³/mol. The Hall–Kier alpha value is -1.86. The maximum absolute atomic E-state index is 9.15. The molecule has 3 nitrogen and oxygen atoms in total. The zero-order valence-corrected chi connectivity index (χ0v) is 12.4. The summed E-state index contributed by atoms with van der Waals surface area (Å²) in [6.07, 6.45) is 0. The van der Waals surface area contributed by atoms with E-state index in [-0.39, 0.29) is 5.41 Å². The third kappa shape index (κ3) is 3.12. The number of rotatable bonds is 2. The van der Waals surface area contributed by atoms with E-state index in [9.17, 15) is 0 Å². The fourth-order valence-corrected chi connectivity index (χ4v) is 2.60. The van der Waals surface area contributed by atoms with Crippen LogP contribution in [0, 0.1) is 18.3 Å². The van der Waals surface area contributed by atoms with Gasteiger partial charge >= 0.3 is 0 Å².